The van der Waals surface area contributed by atoms with Gasteiger partial charge in [-0.25, -0.2) is 0 Å². The average molecular weight is 280 g/mol. The smallest absolute Gasteiger partial charge is 0.308 e. The standard InChI is InChI=1S/C12H12N2O6/c1-20-8-2-3-9(14(18)19)10(5-8)13-6-7(12(16)17)4-11(13)15/h2-3,5,7H,4,6H2,1H3,(H,16,17). The van der Waals surface area contributed by atoms with E-state index in [4.69, 9.17) is 9.84 Å². The quantitative estimate of drug-likeness (QED) is 0.651. The van der Waals surface area contributed by atoms with Crippen molar-refractivity contribution < 1.29 is 24.4 Å². The van der Waals surface area contributed by atoms with E-state index in [1.54, 1.807) is 0 Å². The third kappa shape index (κ3) is 2.40. The van der Waals surface area contributed by atoms with E-state index >= 15 is 0 Å². The first kappa shape index (κ1) is 13.8. The molecule has 8 nitrogen and oxygen atoms in total. The number of hydrogen-bond donors (Lipinski definition) is 1. The van der Waals surface area contributed by atoms with Crippen molar-refractivity contribution in [2.45, 2.75) is 6.42 Å². The normalized spacial score (nSPS) is 18.1. The Hall–Kier alpha value is -2.64. The van der Waals surface area contributed by atoms with Crippen molar-refractivity contribution >= 4 is 23.3 Å². The van der Waals surface area contributed by atoms with Crippen molar-refractivity contribution in [3.63, 3.8) is 0 Å². The molecule has 106 valence electrons. The number of carbonyl (C=O) groups is 2. The summed E-state index contributed by atoms with van der Waals surface area (Å²) in [4.78, 5) is 34.3. The van der Waals surface area contributed by atoms with Crippen LogP contribution in [-0.2, 0) is 9.59 Å². The van der Waals surface area contributed by atoms with Crippen LogP contribution in [0, 0.1) is 16.0 Å². The summed E-state index contributed by atoms with van der Waals surface area (Å²) >= 11 is 0. The Kier molecular flexibility index (Phi) is 3.55. The van der Waals surface area contributed by atoms with Crippen LogP contribution < -0.4 is 9.64 Å². The lowest BCUT2D eigenvalue weighted by Gasteiger charge is -2.16. The van der Waals surface area contributed by atoms with Crippen molar-refractivity contribution in [2.24, 2.45) is 5.92 Å². The maximum Gasteiger partial charge on any atom is 0.308 e. The van der Waals surface area contributed by atoms with Crippen LogP contribution in [0.3, 0.4) is 0 Å². The number of hydrogen-bond acceptors (Lipinski definition) is 5. The number of methoxy groups -OCH3 is 1. The zero-order chi connectivity index (χ0) is 14.9. The molecule has 1 atom stereocenters. The molecule has 20 heavy (non-hydrogen) atoms. The Labute approximate surface area is 113 Å². The van der Waals surface area contributed by atoms with E-state index in [1.807, 2.05) is 0 Å². The van der Waals surface area contributed by atoms with Crippen LogP contribution in [-0.4, -0.2) is 35.6 Å². The molecule has 1 heterocycles. The highest BCUT2D eigenvalue weighted by atomic mass is 16.6. The predicted octanol–water partition coefficient (Wildman–Crippen LogP) is 1.04. The van der Waals surface area contributed by atoms with Crippen LogP contribution in [0.2, 0.25) is 0 Å². The van der Waals surface area contributed by atoms with E-state index in [-0.39, 0.29) is 24.3 Å². The molecule has 0 aromatic heterocycles. The molecule has 1 aromatic carbocycles. The Morgan fingerprint density at radius 2 is 2.25 bits per heavy atom. The number of nitro benzene ring substituents is 1. The molecule has 1 amide bonds. The third-order valence-corrected chi connectivity index (χ3v) is 3.14. The summed E-state index contributed by atoms with van der Waals surface area (Å²) in [6.07, 6.45) is -0.163. The summed E-state index contributed by atoms with van der Waals surface area (Å²) < 4.78 is 4.98. The van der Waals surface area contributed by atoms with Gasteiger partial charge in [0.05, 0.1) is 18.0 Å². The number of ether oxygens (including phenoxy) is 1. The molecule has 0 bridgehead atoms. The molecule has 2 rings (SSSR count). The first-order valence-electron chi connectivity index (χ1n) is 5.79. The lowest BCUT2D eigenvalue weighted by molar-refractivity contribution is -0.384. The molecule has 1 aliphatic rings. The molecule has 1 N–H and O–H groups in total. The molecule has 8 heteroatoms. The van der Waals surface area contributed by atoms with Gasteiger partial charge in [0, 0.05) is 25.1 Å². The highest BCUT2D eigenvalue weighted by Crippen LogP contribution is 2.35. The summed E-state index contributed by atoms with van der Waals surface area (Å²) in [7, 11) is 1.40. The number of benzene rings is 1. The fraction of sp³-hybridized carbons (Fsp3) is 0.333. The molecule has 1 saturated heterocycles. The summed E-state index contributed by atoms with van der Waals surface area (Å²) in [5.74, 6) is -2.04. The topological polar surface area (TPSA) is 110 Å². The summed E-state index contributed by atoms with van der Waals surface area (Å²) in [5.41, 5.74) is -0.201. The maximum absolute atomic E-state index is 11.9. The first-order valence-corrected chi connectivity index (χ1v) is 5.79. The monoisotopic (exact) mass is 280 g/mol. The summed E-state index contributed by atoms with van der Waals surface area (Å²) in [6.45, 7) is -0.0812. The van der Waals surface area contributed by atoms with Gasteiger partial charge in [-0.2, -0.15) is 0 Å². The van der Waals surface area contributed by atoms with Crippen LogP contribution in [0.1, 0.15) is 6.42 Å². The van der Waals surface area contributed by atoms with Crippen molar-refractivity contribution in [1.29, 1.82) is 0 Å². The zero-order valence-electron chi connectivity index (χ0n) is 10.6. The SMILES string of the molecule is COc1ccc([N+](=O)[O-])c(N2CC(C(=O)O)CC2=O)c1. The van der Waals surface area contributed by atoms with Crippen molar-refractivity contribution in [3.05, 3.63) is 28.3 Å². The summed E-state index contributed by atoms with van der Waals surface area (Å²) in [5, 5.41) is 19.9. The number of aliphatic carboxylic acids is 1. The minimum absolute atomic E-state index is 0.0584. The van der Waals surface area contributed by atoms with E-state index in [0.29, 0.717) is 5.75 Å². The molecule has 1 aliphatic heterocycles. The number of amides is 1. The van der Waals surface area contributed by atoms with E-state index in [9.17, 15) is 19.7 Å². The van der Waals surface area contributed by atoms with Gasteiger partial charge in [-0.05, 0) is 6.07 Å². The highest BCUT2D eigenvalue weighted by Gasteiger charge is 2.37. The van der Waals surface area contributed by atoms with Gasteiger partial charge in [0.1, 0.15) is 11.4 Å². The predicted molar refractivity (Wildman–Crippen MR) is 67.7 cm³/mol. The number of nitro groups is 1. The number of carboxylic acids is 1. The fourth-order valence-electron chi connectivity index (χ4n) is 2.11. The lowest BCUT2D eigenvalue weighted by atomic mass is 10.1. The molecule has 0 aliphatic carbocycles. The van der Waals surface area contributed by atoms with Gasteiger partial charge < -0.3 is 14.7 Å². The Morgan fingerprint density at radius 1 is 1.55 bits per heavy atom. The first-order chi connectivity index (χ1) is 9.43. The highest BCUT2D eigenvalue weighted by molar-refractivity contribution is 6.01. The lowest BCUT2D eigenvalue weighted by Crippen LogP contribution is -2.26. The molecule has 0 spiro atoms. The molecule has 1 aromatic rings. The van der Waals surface area contributed by atoms with Crippen LogP contribution >= 0.6 is 0 Å². The van der Waals surface area contributed by atoms with Crippen molar-refractivity contribution in [3.8, 4) is 5.75 Å². The van der Waals surface area contributed by atoms with Gasteiger partial charge in [0.25, 0.3) is 5.69 Å². The second kappa shape index (κ2) is 5.16. The number of carboxylic acid groups (broad SMARTS) is 1. The second-order valence-electron chi connectivity index (χ2n) is 4.36. The molecule has 1 unspecified atom stereocenters. The molecular weight excluding hydrogens is 268 g/mol. The Bertz CT molecular complexity index is 585. The average Bonchev–Trinajstić information content (AvgIpc) is 2.80. The number of anilines is 1. The zero-order valence-corrected chi connectivity index (χ0v) is 10.6. The Balaban J connectivity index is 2.43. The Morgan fingerprint density at radius 3 is 2.75 bits per heavy atom. The number of nitrogens with zero attached hydrogens (tertiary/aromatic N) is 2. The number of rotatable bonds is 4. The van der Waals surface area contributed by atoms with Gasteiger partial charge in [-0.3, -0.25) is 19.7 Å². The maximum atomic E-state index is 11.9. The van der Waals surface area contributed by atoms with E-state index in [1.165, 1.54) is 25.3 Å². The molecule has 1 fully saturated rings. The van der Waals surface area contributed by atoms with Crippen LogP contribution in [0.25, 0.3) is 0 Å². The van der Waals surface area contributed by atoms with Gasteiger partial charge in [0.2, 0.25) is 5.91 Å². The van der Waals surface area contributed by atoms with Crippen molar-refractivity contribution in [1.82, 2.24) is 0 Å². The minimum atomic E-state index is -1.09. The summed E-state index contributed by atoms with van der Waals surface area (Å²) in [6, 6.07) is 4.01. The molecular formula is C12H12N2O6. The number of carbonyl (C=O) groups excluding carboxylic acids is 1. The van der Waals surface area contributed by atoms with E-state index in [2.05, 4.69) is 0 Å². The van der Waals surface area contributed by atoms with Crippen molar-refractivity contribution in [2.75, 3.05) is 18.6 Å². The van der Waals surface area contributed by atoms with Crippen LogP contribution in [0.4, 0.5) is 11.4 Å². The largest absolute Gasteiger partial charge is 0.497 e. The van der Waals surface area contributed by atoms with Crippen LogP contribution in [0.15, 0.2) is 18.2 Å². The van der Waals surface area contributed by atoms with Crippen LogP contribution in [0.5, 0.6) is 5.75 Å². The van der Waals surface area contributed by atoms with Gasteiger partial charge in [0.15, 0.2) is 0 Å². The van der Waals surface area contributed by atoms with E-state index < -0.39 is 22.7 Å². The van der Waals surface area contributed by atoms with Gasteiger partial charge in [-0.15, -0.1) is 0 Å². The second-order valence-corrected chi connectivity index (χ2v) is 4.36. The minimum Gasteiger partial charge on any atom is -0.497 e. The third-order valence-electron chi connectivity index (χ3n) is 3.14. The molecule has 0 saturated carbocycles. The van der Waals surface area contributed by atoms with Gasteiger partial charge >= 0.3 is 5.97 Å². The fourth-order valence-corrected chi connectivity index (χ4v) is 2.11. The van der Waals surface area contributed by atoms with E-state index in [0.717, 1.165) is 4.90 Å². The molecule has 0 radical (unpaired) electrons. The van der Waals surface area contributed by atoms with Gasteiger partial charge in [-0.1, -0.05) is 0 Å².